The number of rotatable bonds is 12. The van der Waals surface area contributed by atoms with Gasteiger partial charge in [0.25, 0.3) is 0 Å². The Bertz CT molecular complexity index is 309. The van der Waals surface area contributed by atoms with Crippen molar-refractivity contribution in [1.82, 2.24) is 10.2 Å². The molecule has 0 rings (SSSR count). The summed E-state index contributed by atoms with van der Waals surface area (Å²) in [6.45, 7) is 5.39. The highest BCUT2D eigenvalue weighted by molar-refractivity contribution is 7.99. The molecule has 0 aromatic carbocycles. The Balaban J connectivity index is 3.69. The fraction of sp³-hybridized carbons (Fsp3) is 0.769. The average Bonchev–Trinajstić information content (AvgIpc) is 2.42. The van der Waals surface area contributed by atoms with E-state index in [0.717, 1.165) is 25.3 Å². The van der Waals surface area contributed by atoms with E-state index >= 15 is 0 Å². The van der Waals surface area contributed by atoms with Crippen molar-refractivity contribution < 1.29 is 19.5 Å². The van der Waals surface area contributed by atoms with Gasteiger partial charge in [-0.05, 0) is 38.2 Å². The van der Waals surface area contributed by atoms with Gasteiger partial charge in [0.15, 0.2) is 0 Å². The van der Waals surface area contributed by atoms with Crippen LogP contribution in [0.4, 0.5) is 0 Å². The van der Waals surface area contributed by atoms with Crippen LogP contribution in [0.25, 0.3) is 0 Å². The van der Waals surface area contributed by atoms with E-state index in [1.807, 2.05) is 13.8 Å². The molecule has 2 amide bonds. The standard InChI is InChI=1S/C13H24N2O4S/c1-3-15(4-2)12(17)6-5-8-20-9-7-11(13(18)19)14-10-16/h10-11H,3-9H2,1-2H3,(H,14,16)(H,18,19). The summed E-state index contributed by atoms with van der Waals surface area (Å²) in [5.74, 6) is 0.619. The van der Waals surface area contributed by atoms with Crippen LogP contribution in [0.5, 0.6) is 0 Å². The highest BCUT2D eigenvalue weighted by atomic mass is 32.2. The number of carbonyl (C=O) groups is 3. The van der Waals surface area contributed by atoms with Gasteiger partial charge in [-0.3, -0.25) is 9.59 Å². The highest BCUT2D eigenvalue weighted by Gasteiger charge is 2.15. The molecule has 1 unspecified atom stereocenters. The molecule has 0 radical (unpaired) electrons. The average molecular weight is 304 g/mol. The second-order valence-corrected chi connectivity index (χ2v) is 5.47. The SMILES string of the molecule is CCN(CC)C(=O)CCCSCCC(NC=O)C(=O)O. The minimum atomic E-state index is -1.02. The quantitative estimate of drug-likeness (QED) is 0.414. The third kappa shape index (κ3) is 8.04. The number of aliphatic carboxylic acids is 1. The Morgan fingerprint density at radius 3 is 2.45 bits per heavy atom. The van der Waals surface area contributed by atoms with E-state index in [1.165, 1.54) is 0 Å². The maximum absolute atomic E-state index is 11.7. The first-order valence-corrected chi connectivity index (χ1v) is 8.00. The molecule has 1 atom stereocenters. The van der Waals surface area contributed by atoms with Gasteiger partial charge in [0.1, 0.15) is 6.04 Å². The molecule has 0 aliphatic carbocycles. The van der Waals surface area contributed by atoms with Crippen LogP contribution in [0.3, 0.4) is 0 Å². The number of carboxylic acid groups (broad SMARTS) is 1. The van der Waals surface area contributed by atoms with Crippen LogP contribution < -0.4 is 5.32 Å². The van der Waals surface area contributed by atoms with Crippen LogP contribution >= 0.6 is 11.8 Å². The first kappa shape index (κ1) is 18.8. The lowest BCUT2D eigenvalue weighted by atomic mass is 10.2. The van der Waals surface area contributed by atoms with Crippen LogP contribution in [-0.2, 0) is 14.4 Å². The molecule has 0 bridgehead atoms. The predicted octanol–water partition coefficient (Wildman–Crippen LogP) is 0.957. The molecule has 0 aromatic rings. The molecule has 6 nitrogen and oxygen atoms in total. The lowest BCUT2D eigenvalue weighted by Crippen LogP contribution is -2.36. The van der Waals surface area contributed by atoms with Gasteiger partial charge in [0.2, 0.25) is 12.3 Å². The van der Waals surface area contributed by atoms with Crippen molar-refractivity contribution in [3.05, 3.63) is 0 Å². The zero-order chi connectivity index (χ0) is 15.4. The van der Waals surface area contributed by atoms with Gasteiger partial charge in [-0.1, -0.05) is 0 Å². The molecular formula is C13H24N2O4S. The number of nitrogens with one attached hydrogen (secondary N) is 1. The van der Waals surface area contributed by atoms with Gasteiger partial charge in [-0.25, -0.2) is 4.79 Å². The smallest absolute Gasteiger partial charge is 0.326 e. The van der Waals surface area contributed by atoms with E-state index < -0.39 is 12.0 Å². The number of nitrogens with zero attached hydrogens (tertiary/aromatic N) is 1. The minimum Gasteiger partial charge on any atom is -0.480 e. The summed E-state index contributed by atoms with van der Waals surface area (Å²) in [7, 11) is 0. The number of carboxylic acids is 1. The fourth-order valence-electron chi connectivity index (χ4n) is 1.72. The van der Waals surface area contributed by atoms with Gasteiger partial charge in [-0.2, -0.15) is 11.8 Å². The van der Waals surface area contributed by atoms with E-state index in [4.69, 9.17) is 5.11 Å². The van der Waals surface area contributed by atoms with Crippen molar-refractivity contribution in [1.29, 1.82) is 0 Å². The van der Waals surface area contributed by atoms with E-state index in [-0.39, 0.29) is 5.91 Å². The van der Waals surface area contributed by atoms with Gasteiger partial charge in [0, 0.05) is 19.5 Å². The van der Waals surface area contributed by atoms with Crippen LogP contribution in [0, 0.1) is 0 Å². The third-order valence-electron chi connectivity index (χ3n) is 2.91. The Labute approximate surface area is 124 Å². The number of amides is 2. The second-order valence-electron chi connectivity index (χ2n) is 4.25. The minimum absolute atomic E-state index is 0.168. The molecule has 0 aliphatic heterocycles. The number of thioether (sulfide) groups is 1. The molecular weight excluding hydrogens is 280 g/mol. The van der Waals surface area contributed by atoms with E-state index in [1.54, 1.807) is 16.7 Å². The van der Waals surface area contributed by atoms with Crippen molar-refractivity contribution in [3.8, 4) is 0 Å². The summed E-state index contributed by atoms with van der Waals surface area (Å²) >= 11 is 1.60. The fourth-order valence-corrected chi connectivity index (χ4v) is 2.68. The Kier molecular flexibility index (Phi) is 10.9. The van der Waals surface area contributed by atoms with E-state index in [2.05, 4.69) is 5.32 Å². The van der Waals surface area contributed by atoms with Gasteiger partial charge < -0.3 is 15.3 Å². The summed E-state index contributed by atoms with van der Waals surface area (Å²) in [5.41, 5.74) is 0. The van der Waals surface area contributed by atoms with Crippen molar-refractivity contribution in [3.63, 3.8) is 0 Å². The zero-order valence-electron chi connectivity index (χ0n) is 12.1. The summed E-state index contributed by atoms with van der Waals surface area (Å²) in [4.78, 5) is 34.5. The summed E-state index contributed by atoms with van der Waals surface area (Å²) < 4.78 is 0. The first-order chi connectivity index (χ1) is 9.56. The van der Waals surface area contributed by atoms with Crippen molar-refractivity contribution in [2.24, 2.45) is 0 Å². The molecule has 0 fully saturated rings. The lowest BCUT2D eigenvalue weighted by Gasteiger charge is -2.18. The molecule has 0 aliphatic rings. The van der Waals surface area contributed by atoms with Crippen molar-refractivity contribution in [2.45, 2.75) is 39.2 Å². The third-order valence-corrected chi connectivity index (χ3v) is 4.02. The molecule has 20 heavy (non-hydrogen) atoms. The van der Waals surface area contributed by atoms with Gasteiger partial charge >= 0.3 is 5.97 Å². The largest absolute Gasteiger partial charge is 0.480 e. The van der Waals surface area contributed by atoms with Gasteiger partial charge in [0.05, 0.1) is 0 Å². The Hall–Kier alpha value is -1.24. The number of hydrogen-bond acceptors (Lipinski definition) is 4. The lowest BCUT2D eigenvalue weighted by molar-refractivity contribution is -0.140. The van der Waals surface area contributed by atoms with E-state index in [9.17, 15) is 14.4 Å². The second kappa shape index (κ2) is 11.6. The van der Waals surface area contributed by atoms with E-state index in [0.29, 0.717) is 25.0 Å². The number of hydrogen-bond donors (Lipinski definition) is 2. The summed E-state index contributed by atoms with van der Waals surface area (Å²) in [6.07, 6.45) is 2.12. The zero-order valence-corrected chi connectivity index (χ0v) is 12.9. The molecule has 0 aromatic heterocycles. The molecule has 116 valence electrons. The maximum atomic E-state index is 11.7. The van der Waals surface area contributed by atoms with Crippen LogP contribution in [0.1, 0.15) is 33.1 Å². The Morgan fingerprint density at radius 2 is 1.95 bits per heavy atom. The molecule has 7 heteroatoms. The molecule has 0 saturated carbocycles. The topological polar surface area (TPSA) is 86.7 Å². The van der Waals surface area contributed by atoms with Crippen molar-refractivity contribution in [2.75, 3.05) is 24.6 Å². The molecule has 0 spiro atoms. The first-order valence-electron chi connectivity index (χ1n) is 6.84. The molecule has 0 saturated heterocycles. The maximum Gasteiger partial charge on any atom is 0.326 e. The summed E-state index contributed by atoms with van der Waals surface area (Å²) in [6, 6.07) is -0.822. The van der Waals surface area contributed by atoms with Crippen LogP contribution in [-0.4, -0.2) is 58.9 Å². The van der Waals surface area contributed by atoms with Gasteiger partial charge in [-0.15, -0.1) is 0 Å². The molecule has 2 N–H and O–H groups in total. The van der Waals surface area contributed by atoms with Crippen molar-refractivity contribution >= 4 is 30.0 Å². The number of carbonyl (C=O) groups excluding carboxylic acids is 2. The normalized spacial score (nSPS) is 11.7. The van der Waals surface area contributed by atoms with Crippen LogP contribution in [0.2, 0.25) is 0 Å². The van der Waals surface area contributed by atoms with Crippen LogP contribution in [0.15, 0.2) is 0 Å². The predicted molar refractivity (Wildman–Crippen MR) is 79.7 cm³/mol. The summed E-state index contributed by atoms with van der Waals surface area (Å²) in [5, 5.41) is 11.1. The highest BCUT2D eigenvalue weighted by Crippen LogP contribution is 2.09. The molecule has 0 heterocycles. The monoisotopic (exact) mass is 304 g/mol. The Morgan fingerprint density at radius 1 is 1.30 bits per heavy atom.